The third-order valence-electron chi connectivity index (χ3n) is 2.97. The fourth-order valence-corrected chi connectivity index (χ4v) is 1.60. The molecule has 0 atom stereocenters. The van der Waals surface area contributed by atoms with Gasteiger partial charge in [-0.2, -0.15) is 0 Å². The standard InChI is InChI=1S/C13H26N2O2/c1-6-9-10-14-11(16)13(4,5)12(17)15(7-2)8-3/h6-10H2,1-5H3,(H,14,16). The second-order valence-electron chi connectivity index (χ2n) is 4.71. The van der Waals surface area contributed by atoms with E-state index in [1.165, 1.54) is 0 Å². The van der Waals surface area contributed by atoms with Gasteiger partial charge in [0, 0.05) is 19.6 Å². The molecule has 1 N–H and O–H groups in total. The van der Waals surface area contributed by atoms with E-state index in [1.807, 2.05) is 13.8 Å². The lowest BCUT2D eigenvalue weighted by molar-refractivity contribution is -0.148. The molecule has 0 radical (unpaired) electrons. The Bertz CT molecular complexity index is 258. The molecule has 0 aliphatic heterocycles. The molecule has 0 aromatic rings. The number of nitrogens with one attached hydrogen (secondary N) is 1. The summed E-state index contributed by atoms with van der Waals surface area (Å²) in [6.45, 7) is 11.2. The molecule has 0 bridgehead atoms. The predicted molar refractivity (Wildman–Crippen MR) is 69.6 cm³/mol. The molecule has 0 saturated carbocycles. The summed E-state index contributed by atoms with van der Waals surface area (Å²) in [5, 5.41) is 2.82. The molecule has 0 unspecified atom stereocenters. The molecule has 100 valence electrons. The van der Waals surface area contributed by atoms with Crippen LogP contribution >= 0.6 is 0 Å². The molecule has 0 heterocycles. The average Bonchev–Trinajstić information content (AvgIpc) is 2.30. The Labute approximate surface area is 105 Å². The van der Waals surface area contributed by atoms with Crippen molar-refractivity contribution in [2.75, 3.05) is 19.6 Å². The number of hydrogen-bond acceptors (Lipinski definition) is 2. The maximum absolute atomic E-state index is 12.2. The highest BCUT2D eigenvalue weighted by Crippen LogP contribution is 2.19. The topological polar surface area (TPSA) is 49.4 Å². The highest BCUT2D eigenvalue weighted by atomic mass is 16.2. The van der Waals surface area contributed by atoms with Crippen molar-refractivity contribution in [2.24, 2.45) is 5.41 Å². The minimum absolute atomic E-state index is 0.100. The summed E-state index contributed by atoms with van der Waals surface area (Å²) in [6, 6.07) is 0. The minimum atomic E-state index is -0.972. The lowest BCUT2D eigenvalue weighted by Crippen LogP contribution is -2.49. The number of hydrogen-bond donors (Lipinski definition) is 1. The van der Waals surface area contributed by atoms with E-state index < -0.39 is 5.41 Å². The first-order valence-electron chi connectivity index (χ1n) is 6.49. The lowest BCUT2D eigenvalue weighted by atomic mass is 9.90. The van der Waals surface area contributed by atoms with Crippen LogP contribution in [0.1, 0.15) is 47.5 Å². The molecule has 4 nitrogen and oxygen atoms in total. The molecule has 0 saturated heterocycles. The number of unbranched alkanes of at least 4 members (excludes halogenated alkanes) is 1. The van der Waals surface area contributed by atoms with Gasteiger partial charge in [-0.05, 0) is 34.1 Å². The van der Waals surface area contributed by atoms with Crippen LogP contribution in [0.15, 0.2) is 0 Å². The molecule has 0 fully saturated rings. The predicted octanol–water partition coefficient (Wildman–Crippen LogP) is 1.80. The van der Waals surface area contributed by atoms with Crippen molar-refractivity contribution in [3.8, 4) is 0 Å². The zero-order chi connectivity index (χ0) is 13.5. The summed E-state index contributed by atoms with van der Waals surface area (Å²) in [5.41, 5.74) is -0.972. The summed E-state index contributed by atoms with van der Waals surface area (Å²) >= 11 is 0. The van der Waals surface area contributed by atoms with E-state index in [0.29, 0.717) is 19.6 Å². The van der Waals surface area contributed by atoms with Crippen LogP contribution in [-0.2, 0) is 9.59 Å². The third-order valence-corrected chi connectivity index (χ3v) is 2.97. The van der Waals surface area contributed by atoms with Gasteiger partial charge in [0.15, 0.2) is 0 Å². The van der Waals surface area contributed by atoms with E-state index in [0.717, 1.165) is 12.8 Å². The van der Waals surface area contributed by atoms with Crippen molar-refractivity contribution in [1.29, 1.82) is 0 Å². The van der Waals surface area contributed by atoms with E-state index in [9.17, 15) is 9.59 Å². The van der Waals surface area contributed by atoms with Crippen LogP contribution in [0, 0.1) is 5.41 Å². The molecule has 0 aliphatic carbocycles. The second kappa shape index (κ2) is 7.30. The Kier molecular flexibility index (Phi) is 6.85. The fourth-order valence-electron chi connectivity index (χ4n) is 1.60. The van der Waals surface area contributed by atoms with Crippen LogP contribution in [0.4, 0.5) is 0 Å². The zero-order valence-electron chi connectivity index (χ0n) is 11.8. The SMILES string of the molecule is CCCCNC(=O)C(C)(C)C(=O)N(CC)CC. The Morgan fingerprint density at radius 2 is 1.65 bits per heavy atom. The number of carbonyl (C=O) groups excluding carboxylic acids is 2. The summed E-state index contributed by atoms with van der Waals surface area (Å²) in [4.78, 5) is 25.8. The Balaban J connectivity index is 4.52. The van der Waals surface area contributed by atoms with Crippen LogP contribution in [0.25, 0.3) is 0 Å². The quantitative estimate of drug-likeness (QED) is 0.546. The van der Waals surface area contributed by atoms with Crippen molar-refractivity contribution in [2.45, 2.75) is 47.5 Å². The molecule has 0 rings (SSSR count). The van der Waals surface area contributed by atoms with Crippen LogP contribution in [0.5, 0.6) is 0 Å². The second-order valence-corrected chi connectivity index (χ2v) is 4.71. The van der Waals surface area contributed by atoms with E-state index in [4.69, 9.17) is 0 Å². The molecule has 0 spiro atoms. The van der Waals surface area contributed by atoms with E-state index >= 15 is 0 Å². The van der Waals surface area contributed by atoms with Crippen molar-refractivity contribution in [1.82, 2.24) is 10.2 Å². The molecule has 0 aliphatic rings. The van der Waals surface area contributed by atoms with Crippen molar-refractivity contribution < 1.29 is 9.59 Å². The molecule has 4 heteroatoms. The summed E-state index contributed by atoms with van der Waals surface area (Å²) < 4.78 is 0. The van der Waals surface area contributed by atoms with Crippen LogP contribution in [0.2, 0.25) is 0 Å². The Hall–Kier alpha value is -1.06. The maximum atomic E-state index is 12.2. The molecule has 0 aromatic carbocycles. The summed E-state index contributed by atoms with van der Waals surface area (Å²) in [5.74, 6) is -0.278. The smallest absolute Gasteiger partial charge is 0.237 e. The largest absolute Gasteiger partial charge is 0.355 e. The molecule has 2 amide bonds. The molecule has 0 aromatic heterocycles. The van der Waals surface area contributed by atoms with E-state index in [1.54, 1.807) is 18.7 Å². The van der Waals surface area contributed by atoms with Gasteiger partial charge in [-0.1, -0.05) is 13.3 Å². The molecular formula is C13H26N2O2. The average molecular weight is 242 g/mol. The van der Waals surface area contributed by atoms with Gasteiger partial charge in [-0.3, -0.25) is 9.59 Å². The number of nitrogens with zero attached hydrogens (tertiary/aromatic N) is 1. The van der Waals surface area contributed by atoms with Crippen molar-refractivity contribution in [3.63, 3.8) is 0 Å². The van der Waals surface area contributed by atoms with Crippen molar-refractivity contribution in [3.05, 3.63) is 0 Å². The lowest BCUT2D eigenvalue weighted by Gasteiger charge is -2.29. The Morgan fingerprint density at radius 3 is 2.06 bits per heavy atom. The van der Waals surface area contributed by atoms with E-state index in [2.05, 4.69) is 12.2 Å². The van der Waals surface area contributed by atoms with Gasteiger partial charge < -0.3 is 10.2 Å². The fraction of sp³-hybridized carbons (Fsp3) is 0.846. The number of rotatable bonds is 7. The number of carbonyl (C=O) groups is 2. The van der Waals surface area contributed by atoms with Gasteiger partial charge in [-0.25, -0.2) is 0 Å². The Morgan fingerprint density at radius 1 is 1.12 bits per heavy atom. The normalized spacial score (nSPS) is 11.1. The van der Waals surface area contributed by atoms with Gasteiger partial charge >= 0.3 is 0 Å². The van der Waals surface area contributed by atoms with Crippen LogP contribution < -0.4 is 5.32 Å². The van der Waals surface area contributed by atoms with Gasteiger partial charge in [0.2, 0.25) is 11.8 Å². The van der Waals surface area contributed by atoms with E-state index in [-0.39, 0.29) is 11.8 Å². The van der Waals surface area contributed by atoms with Crippen molar-refractivity contribution >= 4 is 11.8 Å². The highest BCUT2D eigenvalue weighted by Gasteiger charge is 2.37. The van der Waals surface area contributed by atoms with Gasteiger partial charge in [0.1, 0.15) is 5.41 Å². The first-order chi connectivity index (χ1) is 7.91. The van der Waals surface area contributed by atoms with Gasteiger partial charge in [0.25, 0.3) is 0 Å². The molecular weight excluding hydrogens is 216 g/mol. The first kappa shape index (κ1) is 15.9. The first-order valence-corrected chi connectivity index (χ1v) is 6.49. The highest BCUT2D eigenvalue weighted by molar-refractivity contribution is 6.04. The third kappa shape index (κ3) is 4.36. The summed E-state index contributed by atoms with van der Waals surface area (Å²) in [6.07, 6.45) is 1.98. The summed E-state index contributed by atoms with van der Waals surface area (Å²) in [7, 11) is 0. The van der Waals surface area contributed by atoms with Crippen LogP contribution in [-0.4, -0.2) is 36.3 Å². The maximum Gasteiger partial charge on any atom is 0.237 e. The minimum Gasteiger partial charge on any atom is -0.355 e. The zero-order valence-corrected chi connectivity index (χ0v) is 11.8. The van der Waals surface area contributed by atoms with Gasteiger partial charge in [0.05, 0.1) is 0 Å². The van der Waals surface area contributed by atoms with Gasteiger partial charge in [-0.15, -0.1) is 0 Å². The number of amides is 2. The monoisotopic (exact) mass is 242 g/mol. The molecule has 17 heavy (non-hydrogen) atoms. The van der Waals surface area contributed by atoms with Crippen LogP contribution in [0.3, 0.4) is 0 Å².